The minimum Gasteiger partial charge on any atom is -0.456 e. The maximum absolute atomic E-state index is 12.8. The number of esters is 1. The van der Waals surface area contributed by atoms with Crippen LogP contribution in [0.15, 0.2) is 12.2 Å². The molecular weight excluding hydrogens is 640 g/mol. The fourth-order valence-corrected chi connectivity index (χ4v) is 6.38. The number of carbonyl (C=O) groups excluding carboxylic acids is 3. The van der Waals surface area contributed by atoms with E-state index in [1.54, 1.807) is 0 Å². The summed E-state index contributed by atoms with van der Waals surface area (Å²) in [6.07, 6.45) is 2.26. The average molecular weight is 701 g/mol. The van der Waals surface area contributed by atoms with Gasteiger partial charge in [-0.25, -0.2) is 9.78 Å². The van der Waals surface area contributed by atoms with Crippen molar-refractivity contribution in [3.05, 3.63) is 12.2 Å². The van der Waals surface area contributed by atoms with Crippen LogP contribution in [-0.4, -0.2) is 105 Å². The van der Waals surface area contributed by atoms with Gasteiger partial charge in [-0.3, -0.25) is 4.79 Å². The monoisotopic (exact) mass is 700 g/mol. The van der Waals surface area contributed by atoms with Crippen LogP contribution in [0.3, 0.4) is 0 Å². The molecular formula is C36H60O13. The Morgan fingerprint density at radius 1 is 0.653 bits per heavy atom. The first-order valence-corrected chi connectivity index (χ1v) is 18.3. The number of rotatable bonds is 6. The zero-order valence-corrected chi connectivity index (χ0v) is 29.5. The number of aliphatic hydroxyl groups excluding tert-OH is 4. The van der Waals surface area contributed by atoms with Crippen LogP contribution in [0.25, 0.3) is 0 Å². The molecule has 0 saturated carbocycles. The molecule has 4 N–H and O–H groups in total. The van der Waals surface area contributed by atoms with E-state index < -0.39 is 67.4 Å². The van der Waals surface area contributed by atoms with Crippen LogP contribution < -0.4 is 0 Å². The van der Waals surface area contributed by atoms with E-state index >= 15 is 0 Å². The predicted molar refractivity (Wildman–Crippen MR) is 177 cm³/mol. The molecule has 2 fully saturated rings. The van der Waals surface area contributed by atoms with Gasteiger partial charge < -0.3 is 49.0 Å². The van der Waals surface area contributed by atoms with Crippen molar-refractivity contribution in [2.24, 2.45) is 0 Å². The van der Waals surface area contributed by atoms with Gasteiger partial charge in [0.2, 0.25) is 6.29 Å². The van der Waals surface area contributed by atoms with Gasteiger partial charge >= 0.3 is 5.97 Å². The number of hydrogen-bond donors (Lipinski definition) is 4. The highest BCUT2D eigenvalue weighted by Crippen LogP contribution is 2.32. The van der Waals surface area contributed by atoms with Gasteiger partial charge in [-0.05, 0) is 72.1 Å². The van der Waals surface area contributed by atoms with Crippen LogP contribution in [0.1, 0.15) is 130 Å². The van der Waals surface area contributed by atoms with Gasteiger partial charge in [-0.15, -0.1) is 0 Å². The number of hydrogen-bond acceptors (Lipinski definition) is 13. The average Bonchev–Trinajstić information content (AvgIpc) is 3.05. The molecule has 13 heteroatoms. The molecule has 0 spiro atoms. The second kappa shape index (κ2) is 22.2. The Bertz CT molecular complexity index is 1020. The van der Waals surface area contributed by atoms with Crippen molar-refractivity contribution in [3.63, 3.8) is 0 Å². The molecule has 3 aliphatic rings. The quantitative estimate of drug-likeness (QED) is 0.178. The van der Waals surface area contributed by atoms with E-state index in [0.29, 0.717) is 12.8 Å². The highest BCUT2D eigenvalue weighted by molar-refractivity contribution is 5.75. The summed E-state index contributed by atoms with van der Waals surface area (Å²) in [6.45, 7) is 4.69. The molecule has 6 unspecified atom stereocenters. The molecule has 2 saturated heterocycles. The molecule has 3 aliphatic heterocycles. The third-order valence-corrected chi connectivity index (χ3v) is 9.39. The number of Topliss-reactive ketones (excluding diaryl/α,β-unsaturated/α-hetero) is 2. The van der Waals surface area contributed by atoms with Crippen LogP contribution in [0, 0.1) is 0 Å². The molecule has 2 bridgehead atoms. The number of ether oxygens (including phenoxy) is 4. The van der Waals surface area contributed by atoms with Crippen molar-refractivity contribution in [2.75, 3.05) is 0 Å². The summed E-state index contributed by atoms with van der Waals surface area (Å²) in [4.78, 5) is 47.3. The Morgan fingerprint density at radius 2 is 1.20 bits per heavy atom. The van der Waals surface area contributed by atoms with Gasteiger partial charge in [0, 0.05) is 19.3 Å². The minimum atomic E-state index is -1.70. The summed E-state index contributed by atoms with van der Waals surface area (Å²) >= 11 is 0. The van der Waals surface area contributed by atoms with Gasteiger partial charge in [0.1, 0.15) is 36.0 Å². The highest BCUT2D eigenvalue weighted by atomic mass is 17.2. The first-order chi connectivity index (χ1) is 23.5. The smallest absolute Gasteiger partial charge is 0.306 e. The summed E-state index contributed by atoms with van der Waals surface area (Å²) in [5, 5.41) is 44.2. The Hall–Kier alpha value is -1.81. The number of carbonyl (C=O) groups is 3. The molecule has 13 nitrogen and oxygen atoms in total. The Morgan fingerprint density at radius 3 is 1.84 bits per heavy atom. The zero-order valence-electron chi connectivity index (χ0n) is 29.5. The summed E-state index contributed by atoms with van der Waals surface area (Å²) in [6, 6.07) is 0. The van der Waals surface area contributed by atoms with Gasteiger partial charge in [0.25, 0.3) is 0 Å². The highest BCUT2D eigenvalue weighted by Gasteiger charge is 2.51. The minimum absolute atomic E-state index is 0.0542. The molecule has 0 aliphatic carbocycles. The molecule has 0 amide bonds. The molecule has 3 heterocycles. The molecule has 0 aromatic heterocycles. The van der Waals surface area contributed by atoms with Crippen molar-refractivity contribution in [1.82, 2.24) is 0 Å². The normalized spacial score (nSPS) is 37.7. The van der Waals surface area contributed by atoms with E-state index in [-0.39, 0.29) is 49.8 Å². The van der Waals surface area contributed by atoms with E-state index in [4.69, 9.17) is 28.7 Å². The van der Waals surface area contributed by atoms with Gasteiger partial charge in [0.15, 0.2) is 18.5 Å². The topological polar surface area (TPSA) is 188 Å². The number of allylic oxidation sites excluding steroid dienone is 2. The van der Waals surface area contributed by atoms with E-state index in [1.165, 1.54) is 13.8 Å². The fourth-order valence-electron chi connectivity index (χ4n) is 6.38. The molecule has 3 rings (SSSR count). The Kier molecular flexibility index (Phi) is 18.8. The SMILES string of the molecule is CC(=O)CCC1OC2OO[C@H]3C(OC(CCC(C)=O)[C@@H](O)C3O)O[C@@H](C)CCCCCC/C=C\CCCCCCCC(=O)OC([C@@H]1O)[C@H]2O. The maximum Gasteiger partial charge on any atom is 0.306 e. The summed E-state index contributed by atoms with van der Waals surface area (Å²) in [5.41, 5.74) is 0. The molecule has 0 radical (unpaired) electrons. The van der Waals surface area contributed by atoms with Crippen molar-refractivity contribution in [3.8, 4) is 0 Å². The van der Waals surface area contributed by atoms with Gasteiger partial charge in [-0.2, -0.15) is 0 Å². The lowest BCUT2D eigenvalue weighted by Gasteiger charge is -2.44. The third-order valence-electron chi connectivity index (χ3n) is 9.39. The number of ketones is 2. The van der Waals surface area contributed by atoms with Crippen molar-refractivity contribution >= 4 is 17.5 Å². The van der Waals surface area contributed by atoms with Crippen molar-refractivity contribution in [2.45, 2.75) is 197 Å². The fraction of sp³-hybridized carbons (Fsp3) is 0.861. The lowest BCUT2D eigenvalue weighted by atomic mass is 9.95. The maximum atomic E-state index is 12.8. The molecule has 11 atom stereocenters. The standard InChI is InChI=1S/C36H60O13/c1-23(37)19-21-26-29(40)31(42)34-36(46-26)44-25(3)17-15-13-11-9-7-5-4-6-8-10-12-14-16-18-28(39)47-33-30(41)27(22-20-24(2)38)45-35(32(33)43)49-48-34/h4-5,25-27,29-36,40-43H,6-22H2,1-3H3/b5-4-/t25-,26?,27?,29+,30+,31?,32+,33?,34+,35?,36?/m0/s1. The van der Waals surface area contributed by atoms with Gasteiger partial charge in [-0.1, -0.05) is 50.7 Å². The van der Waals surface area contributed by atoms with Crippen molar-refractivity contribution in [1.29, 1.82) is 0 Å². The van der Waals surface area contributed by atoms with Crippen LogP contribution in [0.4, 0.5) is 0 Å². The largest absolute Gasteiger partial charge is 0.456 e. The number of aliphatic hydroxyl groups is 4. The van der Waals surface area contributed by atoms with E-state index in [9.17, 15) is 34.8 Å². The van der Waals surface area contributed by atoms with E-state index in [2.05, 4.69) is 12.2 Å². The van der Waals surface area contributed by atoms with Crippen LogP contribution in [0.2, 0.25) is 0 Å². The third kappa shape index (κ3) is 14.4. The first-order valence-electron chi connectivity index (χ1n) is 18.3. The number of fused-ring (bicyclic) bond motifs is 3. The lowest BCUT2D eigenvalue weighted by Crippen LogP contribution is -2.62. The first kappa shape index (κ1) is 41.6. The summed E-state index contributed by atoms with van der Waals surface area (Å²) in [5.74, 6) is -0.850. The molecule has 0 aromatic rings. The van der Waals surface area contributed by atoms with E-state index in [1.807, 2.05) is 6.92 Å². The summed E-state index contributed by atoms with van der Waals surface area (Å²) in [7, 11) is 0. The van der Waals surface area contributed by atoms with E-state index in [0.717, 1.165) is 64.2 Å². The van der Waals surface area contributed by atoms with Crippen LogP contribution in [-0.2, 0) is 43.1 Å². The lowest BCUT2D eigenvalue weighted by molar-refractivity contribution is -0.472. The zero-order chi connectivity index (χ0) is 35.8. The molecule has 282 valence electrons. The molecule has 0 aromatic carbocycles. The predicted octanol–water partition coefficient (Wildman–Crippen LogP) is 3.89. The Labute approximate surface area is 290 Å². The Balaban J connectivity index is 1.78. The second-order valence-electron chi connectivity index (χ2n) is 13.9. The van der Waals surface area contributed by atoms with Crippen LogP contribution >= 0.6 is 0 Å². The molecule has 49 heavy (non-hydrogen) atoms. The van der Waals surface area contributed by atoms with Crippen molar-refractivity contribution < 1.29 is 63.5 Å². The van der Waals surface area contributed by atoms with Gasteiger partial charge in [0.05, 0.1) is 18.3 Å². The second-order valence-corrected chi connectivity index (χ2v) is 13.9. The van der Waals surface area contributed by atoms with Crippen LogP contribution in [0.5, 0.6) is 0 Å². The summed E-state index contributed by atoms with van der Waals surface area (Å²) < 4.78 is 23.6.